The fourth-order valence-electron chi connectivity index (χ4n) is 6.00. The first-order valence-corrected chi connectivity index (χ1v) is 20.8. The Bertz CT molecular complexity index is 2770. The highest BCUT2D eigenvalue weighted by Crippen LogP contribution is 2.33. The molecule has 0 radical (unpaired) electrons. The molecule has 1 aliphatic heterocycles. The maximum absolute atomic E-state index is 13.2. The van der Waals surface area contributed by atoms with Crippen molar-refractivity contribution < 1.29 is 57.5 Å². The van der Waals surface area contributed by atoms with Gasteiger partial charge in [-0.1, -0.05) is 48.5 Å². The molecule has 7 rings (SSSR count). The van der Waals surface area contributed by atoms with Gasteiger partial charge in [0.15, 0.2) is 0 Å². The Kier molecular flexibility index (Phi) is 13.0. The number of carbonyl (C=O) groups excluding carboxylic acids is 2. The van der Waals surface area contributed by atoms with Crippen molar-refractivity contribution in [1.29, 1.82) is 0 Å². The lowest BCUT2D eigenvalue weighted by Crippen LogP contribution is -2.30. The average molecular weight is 883 g/mol. The van der Waals surface area contributed by atoms with E-state index >= 15 is 0 Å². The monoisotopic (exact) mass is 882 g/mol. The average Bonchev–Trinajstić information content (AvgIpc) is 3.66. The first-order valence-electron chi connectivity index (χ1n) is 17.8. The predicted octanol–water partition coefficient (Wildman–Crippen LogP) is 9.19. The van der Waals surface area contributed by atoms with Crippen LogP contribution >= 0.6 is 0 Å². The fourth-order valence-corrected chi connectivity index (χ4v) is 8.21. The molecular weight excluding hydrogens is 851 g/mol. The van der Waals surface area contributed by atoms with Crippen molar-refractivity contribution in [3.63, 3.8) is 0 Å². The minimum atomic E-state index is -4.68. The van der Waals surface area contributed by atoms with Crippen LogP contribution < -0.4 is 24.4 Å². The predicted molar refractivity (Wildman–Crippen MR) is 215 cm³/mol. The molecule has 1 aliphatic rings. The Labute approximate surface area is 345 Å². The van der Waals surface area contributed by atoms with Crippen molar-refractivity contribution in [1.82, 2.24) is 0 Å². The quantitative estimate of drug-likeness (QED) is 0.110. The fraction of sp³-hybridized carbons (Fsp3) is 0.0952. The zero-order chi connectivity index (χ0) is 44.0. The van der Waals surface area contributed by atoms with Crippen LogP contribution in [0.1, 0.15) is 31.8 Å². The first kappa shape index (κ1) is 43.7. The molecule has 2 amide bonds. The number of ether oxygens (including phenoxy) is 1. The molecule has 0 spiro atoms. The topological polar surface area (TPSA) is 151 Å². The second-order valence-corrected chi connectivity index (χ2v) is 16.3. The molecule has 1 heterocycles. The number of halogens is 6. The lowest BCUT2D eigenvalue weighted by molar-refractivity contribution is -0.137. The summed E-state index contributed by atoms with van der Waals surface area (Å²) in [5.41, 5.74) is 1.12. The van der Waals surface area contributed by atoms with Gasteiger partial charge < -0.3 is 15.0 Å². The van der Waals surface area contributed by atoms with E-state index in [9.17, 15) is 52.8 Å². The van der Waals surface area contributed by atoms with Crippen molar-refractivity contribution in [2.45, 2.75) is 29.0 Å². The number of sulfonamides is 2. The minimum Gasteiger partial charge on any atom is -0.435 e. The second-order valence-electron chi connectivity index (χ2n) is 13.0. The standard InChI is InChI=1S/C22H17F3N2O3S.C20H15F3N2O4S/c23-22(24,25)16-7-5-8-17(14-16)31(29,30)26-19-10-3-2-9-18(19)21(28)27-13-12-15-6-1-4-11-20(15)27;21-13-5-11-16(12-6-13)30(27,28)25-18-4-2-1-3-17(18)19(26)24-14-7-9-15(10-8-14)29-20(22)23/h1-11,14,26H,12-13H2;1-12,20,25H,(H,24,26). The number of amides is 2. The summed E-state index contributed by atoms with van der Waals surface area (Å²) in [6, 6.07) is 32.2. The van der Waals surface area contributed by atoms with E-state index < -0.39 is 60.9 Å². The van der Waals surface area contributed by atoms with Gasteiger partial charge in [0.1, 0.15) is 11.6 Å². The van der Waals surface area contributed by atoms with E-state index in [0.717, 1.165) is 53.7 Å². The van der Waals surface area contributed by atoms with Gasteiger partial charge in [-0.25, -0.2) is 21.2 Å². The number of nitrogens with one attached hydrogen (secondary N) is 3. The Morgan fingerprint density at radius 3 is 1.87 bits per heavy atom. The van der Waals surface area contributed by atoms with Crippen LogP contribution in [0.2, 0.25) is 0 Å². The number of nitrogens with zero attached hydrogens (tertiary/aromatic N) is 1. The lowest BCUT2D eigenvalue weighted by atomic mass is 10.1. The van der Waals surface area contributed by atoms with Crippen LogP contribution in [0.5, 0.6) is 5.75 Å². The Hall–Kier alpha value is -6.86. The third-order valence-electron chi connectivity index (χ3n) is 8.88. The number of rotatable bonds is 11. The third kappa shape index (κ3) is 10.9. The number of hydrogen-bond acceptors (Lipinski definition) is 7. The summed E-state index contributed by atoms with van der Waals surface area (Å²) in [5, 5.41) is 2.55. The van der Waals surface area contributed by atoms with E-state index in [-0.39, 0.29) is 38.8 Å². The molecule has 0 aromatic heterocycles. The van der Waals surface area contributed by atoms with Crippen molar-refractivity contribution in [2.24, 2.45) is 0 Å². The van der Waals surface area contributed by atoms with Gasteiger partial charge in [-0.2, -0.15) is 22.0 Å². The largest absolute Gasteiger partial charge is 0.435 e. The number of anilines is 4. The maximum Gasteiger partial charge on any atom is 0.416 e. The molecule has 316 valence electrons. The summed E-state index contributed by atoms with van der Waals surface area (Å²) >= 11 is 0. The van der Waals surface area contributed by atoms with Gasteiger partial charge >= 0.3 is 12.8 Å². The number of para-hydroxylation sites is 3. The van der Waals surface area contributed by atoms with Crippen LogP contribution in [0.15, 0.2) is 155 Å². The molecule has 3 N–H and O–H groups in total. The van der Waals surface area contributed by atoms with Crippen LogP contribution in [-0.4, -0.2) is 41.8 Å². The van der Waals surface area contributed by atoms with E-state index in [4.69, 9.17) is 0 Å². The van der Waals surface area contributed by atoms with Gasteiger partial charge in [0.2, 0.25) is 0 Å². The van der Waals surface area contributed by atoms with Gasteiger partial charge in [-0.15, -0.1) is 0 Å². The first-order chi connectivity index (χ1) is 28.9. The smallest absolute Gasteiger partial charge is 0.416 e. The van der Waals surface area contributed by atoms with Gasteiger partial charge in [0.25, 0.3) is 31.9 Å². The van der Waals surface area contributed by atoms with Crippen LogP contribution in [0.4, 0.5) is 49.1 Å². The second kappa shape index (κ2) is 18.2. The van der Waals surface area contributed by atoms with Crippen LogP contribution in [0.25, 0.3) is 0 Å². The maximum atomic E-state index is 13.2. The van der Waals surface area contributed by atoms with E-state index in [1.165, 1.54) is 54.6 Å². The summed E-state index contributed by atoms with van der Waals surface area (Å²) in [7, 11) is -8.42. The normalized spacial score (nSPS) is 12.5. The van der Waals surface area contributed by atoms with E-state index in [1.54, 1.807) is 23.1 Å². The van der Waals surface area contributed by atoms with Crippen molar-refractivity contribution in [2.75, 3.05) is 26.2 Å². The zero-order valence-corrected chi connectivity index (χ0v) is 32.9. The SMILES string of the molecule is O=C(Nc1ccc(OC(F)F)cc1)c1ccccc1NS(=O)(=O)c1ccc(F)cc1.O=C(c1ccccc1NS(=O)(=O)c1cccc(C(F)(F)F)c1)N1CCc2ccccc21. The van der Waals surface area contributed by atoms with E-state index in [1.807, 2.05) is 24.3 Å². The molecule has 61 heavy (non-hydrogen) atoms. The van der Waals surface area contributed by atoms with Gasteiger partial charge in [-0.05, 0) is 109 Å². The summed E-state index contributed by atoms with van der Waals surface area (Å²) in [6.45, 7) is -2.51. The van der Waals surface area contributed by atoms with Crippen LogP contribution in [-0.2, 0) is 32.6 Å². The van der Waals surface area contributed by atoms with Gasteiger partial charge in [0, 0.05) is 17.9 Å². The van der Waals surface area contributed by atoms with Crippen molar-refractivity contribution in [3.8, 4) is 5.75 Å². The third-order valence-corrected chi connectivity index (χ3v) is 11.6. The molecule has 6 aromatic carbocycles. The summed E-state index contributed by atoms with van der Waals surface area (Å²) in [5.74, 6) is -1.68. The van der Waals surface area contributed by atoms with Crippen molar-refractivity contribution >= 4 is 54.6 Å². The molecule has 11 nitrogen and oxygen atoms in total. The molecule has 19 heteroatoms. The summed E-state index contributed by atoms with van der Waals surface area (Å²) < 4.78 is 136. The van der Waals surface area contributed by atoms with Crippen molar-refractivity contribution in [3.05, 3.63) is 174 Å². The number of benzene rings is 6. The van der Waals surface area contributed by atoms with Gasteiger partial charge in [0.05, 0.1) is 37.9 Å². The zero-order valence-electron chi connectivity index (χ0n) is 31.2. The summed E-state index contributed by atoms with van der Waals surface area (Å²) in [4.78, 5) is 26.6. The minimum absolute atomic E-state index is 0.00528. The number of fused-ring (bicyclic) bond motifs is 1. The molecule has 0 unspecified atom stereocenters. The highest BCUT2D eigenvalue weighted by molar-refractivity contribution is 7.93. The molecule has 0 fully saturated rings. The number of alkyl halides is 5. The highest BCUT2D eigenvalue weighted by Gasteiger charge is 2.32. The molecule has 0 aliphatic carbocycles. The highest BCUT2D eigenvalue weighted by atomic mass is 32.2. The Balaban J connectivity index is 0.000000204. The molecule has 0 saturated heterocycles. The molecule has 6 aromatic rings. The van der Waals surface area contributed by atoms with E-state index in [2.05, 4.69) is 19.5 Å². The van der Waals surface area contributed by atoms with Crippen LogP contribution in [0.3, 0.4) is 0 Å². The van der Waals surface area contributed by atoms with Gasteiger partial charge in [-0.3, -0.25) is 19.0 Å². The molecular formula is C42H32F6N4O7S2. The number of carbonyl (C=O) groups is 2. The summed E-state index contributed by atoms with van der Waals surface area (Å²) in [6.07, 6.45) is -4.00. The van der Waals surface area contributed by atoms with E-state index in [0.29, 0.717) is 19.0 Å². The molecule has 0 bridgehead atoms. The van der Waals surface area contributed by atoms with Crippen LogP contribution in [0, 0.1) is 5.82 Å². The Morgan fingerprint density at radius 1 is 0.656 bits per heavy atom. The number of hydrogen-bond donors (Lipinski definition) is 3. The molecule has 0 saturated carbocycles. The molecule has 0 atom stereocenters. The Morgan fingerprint density at radius 2 is 1.23 bits per heavy atom. The lowest BCUT2D eigenvalue weighted by Gasteiger charge is -2.20.